The predicted octanol–water partition coefficient (Wildman–Crippen LogP) is 1.07. The van der Waals surface area contributed by atoms with Gasteiger partial charge in [0.05, 0.1) is 6.10 Å². The van der Waals surface area contributed by atoms with Gasteiger partial charge in [-0.05, 0) is 5.56 Å². The van der Waals surface area contributed by atoms with Crippen LogP contribution in [0.2, 0.25) is 0 Å². The smallest absolute Gasteiger partial charge is 0.0950 e. The lowest BCUT2D eigenvalue weighted by molar-refractivity contribution is 0.148. The molecule has 0 fully saturated rings. The molecule has 0 aromatic heterocycles. The first kappa shape index (κ1) is 9.79. The molecule has 0 aliphatic heterocycles. The molecule has 0 amide bonds. The van der Waals surface area contributed by atoms with E-state index in [1.807, 2.05) is 30.3 Å². The maximum absolute atomic E-state index is 9.70. The van der Waals surface area contributed by atoms with E-state index in [2.05, 4.69) is 5.92 Å². The predicted molar refractivity (Wildman–Crippen MR) is 52.8 cm³/mol. The number of benzene rings is 1. The van der Waals surface area contributed by atoms with Gasteiger partial charge in [0, 0.05) is 12.5 Å². The van der Waals surface area contributed by atoms with E-state index in [4.69, 9.17) is 12.2 Å². The molecule has 1 aromatic carbocycles. The maximum Gasteiger partial charge on any atom is 0.0950 e. The molecule has 68 valence electrons. The third-order valence-electron chi connectivity index (χ3n) is 1.90. The van der Waals surface area contributed by atoms with Crippen LogP contribution in [0.4, 0.5) is 0 Å². The molecule has 0 saturated heterocycles. The van der Waals surface area contributed by atoms with Gasteiger partial charge in [-0.1, -0.05) is 30.3 Å². The SMILES string of the molecule is C#CC[C@@H](N)[C@@H](O)c1ccccc1. The summed E-state index contributed by atoms with van der Waals surface area (Å²) in [6.45, 7) is 0. The van der Waals surface area contributed by atoms with Gasteiger partial charge in [-0.15, -0.1) is 12.3 Å². The normalized spacial score (nSPS) is 14.5. The Morgan fingerprint density at radius 2 is 2.00 bits per heavy atom. The molecule has 0 saturated carbocycles. The molecule has 0 aliphatic rings. The first-order valence-electron chi connectivity index (χ1n) is 4.17. The van der Waals surface area contributed by atoms with Crippen LogP contribution in [0.3, 0.4) is 0 Å². The number of aliphatic hydroxyl groups excluding tert-OH is 1. The zero-order chi connectivity index (χ0) is 9.68. The second-order valence-corrected chi connectivity index (χ2v) is 2.93. The molecule has 0 unspecified atom stereocenters. The summed E-state index contributed by atoms with van der Waals surface area (Å²) in [4.78, 5) is 0. The van der Waals surface area contributed by atoms with E-state index in [1.165, 1.54) is 0 Å². The van der Waals surface area contributed by atoms with Gasteiger partial charge < -0.3 is 10.8 Å². The zero-order valence-corrected chi connectivity index (χ0v) is 7.35. The first-order chi connectivity index (χ1) is 6.25. The van der Waals surface area contributed by atoms with Gasteiger partial charge in [0.1, 0.15) is 0 Å². The molecule has 2 atom stereocenters. The lowest BCUT2D eigenvalue weighted by Gasteiger charge is -2.16. The Balaban J connectivity index is 2.69. The van der Waals surface area contributed by atoms with Crippen molar-refractivity contribution in [1.82, 2.24) is 0 Å². The topological polar surface area (TPSA) is 46.2 Å². The highest BCUT2D eigenvalue weighted by Crippen LogP contribution is 2.16. The van der Waals surface area contributed by atoms with Gasteiger partial charge in [-0.3, -0.25) is 0 Å². The summed E-state index contributed by atoms with van der Waals surface area (Å²) < 4.78 is 0. The van der Waals surface area contributed by atoms with E-state index in [9.17, 15) is 5.11 Å². The Morgan fingerprint density at radius 1 is 1.38 bits per heavy atom. The molecule has 13 heavy (non-hydrogen) atoms. The Hall–Kier alpha value is -1.30. The largest absolute Gasteiger partial charge is 0.387 e. The Labute approximate surface area is 78.4 Å². The first-order valence-corrected chi connectivity index (χ1v) is 4.17. The average Bonchev–Trinajstić information content (AvgIpc) is 2.18. The quantitative estimate of drug-likeness (QED) is 0.675. The van der Waals surface area contributed by atoms with Crippen molar-refractivity contribution in [3.8, 4) is 12.3 Å². The summed E-state index contributed by atoms with van der Waals surface area (Å²) in [6, 6.07) is 8.90. The monoisotopic (exact) mass is 175 g/mol. The molecule has 0 aliphatic carbocycles. The van der Waals surface area contributed by atoms with E-state index in [0.29, 0.717) is 6.42 Å². The molecular formula is C11H13NO. The summed E-state index contributed by atoms with van der Waals surface area (Å²) in [6.07, 6.45) is 4.82. The van der Waals surface area contributed by atoms with E-state index in [-0.39, 0.29) is 6.04 Å². The fourth-order valence-electron chi connectivity index (χ4n) is 1.15. The van der Waals surface area contributed by atoms with Gasteiger partial charge in [-0.25, -0.2) is 0 Å². The molecule has 0 bridgehead atoms. The number of aliphatic hydroxyl groups is 1. The number of terminal acetylenes is 1. The summed E-state index contributed by atoms with van der Waals surface area (Å²) >= 11 is 0. The minimum absolute atomic E-state index is 0.382. The van der Waals surface area contributed by atoms with Gasteiger partial charge >= 0.3 is 0 Å². The third kappa shape index (κ3) is 2.59. The minimum Gasteiger partial charge on any atom is -0.387 e. The molecule has 1 rings (SSSR count). The Morgan fingerprint density at radius 3 is 2.54 bits per heavy atom. The number of rotatable bonds is 3. The molecule has 0 heterocycles. The van der Waals surface area contributed by atoms with Crippen molar-refractivity contribution in [2.75, 3.05) is 0 Å². The van der Waals surface area contributed by atoms with E-state index in [1.54, 1.807) is 0 Å². The van der Waals surface area contributed by atoms with Crippen molar-refractivity contribution < 1.29 is 5.11 Å². The van der Waals surface area contributed by atoms with Crippen molar-refractivity contribution in [3.05, 3.63) is 35.9 Å². The number of hydrogen-bond donors (Lipinski definition) is 2. The molecular weight excluding hydrogens is 162 g/mol. The molecule has 2 heteroatoms. The lowest BCUT2D eigenvalue weighted by atomic mass is 10.0. The summed E-state index contributed by atoms with van der Waals surface area (Å²) in [5.41, 5.74) is 6.48. The van der Waals surface area contributed by atoms with Crippen LogP contribution >= 0.6 is 0 Å². The fourth-order valence-corrected chi connectivity index (χ4v) is 1.15. The van der Waals surface area contributed by atoms with Gasteiger partial charge in [0.25, 0.3) is 0 Å². The number of hydrogen-bond acceptors (Lipinski definition) is 2. The van der Waals surface area contributed by atoms with Crippen molar-refractivity contribution in [3.63, 3.8) is 0 Å². The summed E-state index contributed by atoms with van der Waals surface area (Å²) in [5, 5.41) is 9.70. The van der Waals surface area contributed by atoms with Crippen LogP contribution in [0, 0.1) is 12.3 Å². The fraction of sp³-hybridized carbons (Fsp3) is 0.273. The average molecular weight is 175 g/mol. The van der Waals surface area contributed by atoms with Crippen molar-refractivity contribution >= 4 is 0 Å². The third-order valence-corrected chi connectivity index (χ3v) is 1.90. The second kappa shape index (κ2) is 4.66. The Kier molecular flexibility index (Phi) is 3.51. The van der Waals surface area contributed by atoms with Gasteiger partial charge in [-0.2, -0.15) is 0 Å². The molecule has 0 spiro atoms. The zero-order valence-electron chi connectivity index (χ0n) is 7.35. The van der Waals surface area contributed by atoms with Gasteiger partial charge in [0.15, 0.2) is 0 Å². The summed E-state index contributed by atoms with van der Waals surface area (Å²) in [5.74, 6) is 2.43. The van der Waals surface area contributed by atoms with E-state index < -0.39 is 6.10 Å². The molecule has 1 aromatic rings. The van der Waals surface area contributed by atoms with Crippen LogP contribution in [0.25, 0.3) is 0 Å². The highest BCUT2D eigenvalue weighted by Gasteiger charge is 2.14. The minimum atomic E-state index is -0.669. The number of nitrogens with two attached hydrogens (primary N) is 1. The maximum atomic E-state index is 9.70. The molecule has 2 nitrogen and oxygen atoms in total. The van der Waals surface area contributed by atoms with Crippen LogP contribution in [0.1, 0.15) is 18.1 Å². The lowest BCUT2D eigenvalue weighted by Crippen LogP contribution is -2.27. The summed E-state index contributed by atoms with van der Waals surface area (Å²) in [7, 11) is 0. The van der Waals surface area contributed by atoms with Crippen LogP contribution in [-0.4, -0.2) is 11.1 Å². The Bertz CT molecular complexity index is 289. The van der Waals surface area contributed by atoms with Crippen LogP contribution in [0.5, 0.6) is 0 Å². The highest BCUT2D eigenvalue weighted by molar-refractivity contribution is 5.19. The highest BCUT2D eigenvalue weighted by atomic mass is 16.3. The van der Waals surface area contributed by atoms with Crippen LogP contribution in [0.15, 0.2) is 30.3 Å². The van der Waals surface area contributed by atoms with Gasteiger partial charge in [0.2, 0.25) is 0 Å². The van der Waals surface area contributed by atoms with Crippen LogP contribution in [-0.2, 0) is 0 Å². The van der Waals surface area contributed by atoms with E-state index in [0.717, 1.165) is 5.56 Å². The molecule has 0 radical (unpaired) electrons. The van der Waals surface area contributed by atoms with Crippen molar-refractivity contribution in [2.45, 2.75) is 18.6 Å². The van der Waals surface area contributed by atoms with Crippen molar-refractivity contribution in [1.29, 1.82) is 0 Å². The standard InChI is InChI=1S/C11H13NO/c1-2-6-10(12)11(13)9-7-4-3-5-8-9/h1,3-5,7-8,10-11,13H,6,12H2/t10-,11+/m1/s1. The second-order valence-electron chi connectivity index (χ2n) is 2.93. The molecule has 3 N–H and O–H groups in total. The van der Waals surface area contributed by atoms with Crippen molar-refractivity contribution in [2.24, 2.45) is 5.73 Å². The van der Waals surface area contributed by atoms with E-state index >= 15 is 0 Å². The van der Waals surface area contributed by atoms with Crippen LogP contribution < -0.4 is 5.73 Å².